The number of alkyl halides is 3. The van der Waals surface area contributed by atoms with Gasteiger partial charge < -0.3 is 15.1 Å². The summed E-state index contributed by atoms with van der Waals surface area (Å²) in [6.45, 7) is 6.37. The Kier molecular flexibility index (Phi) is 6.60. The van der Waals surface area contributed by atoms with Crippen LogP contribution >= 0.6 is 0 Å². The number of piperazine rings is 1. The Morgan fingerprint density at radius 3 is 2.54 bits per heavy atom. The molecule has 2 aliphatic rings. The molecule has 5 nitrogen and oxygen atoms in total. The molecule has 188 valence electrons. The fraction of sp³-hybridized carbons (Fsp3) is 0.481. The van der Waals surface area contributed by atoms with Crippen molar-refractivity contribution in [3.8, 4) is 0 Å². The minimum absolute atomic E-state index is 0.0232. The average Bonchev–Trinajstić information content (AvgIpc) is 3.23. The summed E-state index contributed by atoms with van der Waals surface area (Å²) >= 11 is 0. The molecule has 0 spiro atoms. The van der Waals surface area contributed by atoms with Crippen molar-refractivity contribution in [2.24, 2.45) is 0 Å². The molecule has 0 aromatic heterocycles. The van der Waals surface area contributed by atoms with Crippen LogP contribution in [0.4, 0.5) is 18.0 Å². The lowest BCUT2D eigenvalue weighted by atomic mass is 9.66. The molecule has 4 rings (SSSR count). The van der Waals surface area contributed by atoms with Crippen LogP contribution in [-0.2, 0) is 22.9 Å². The van der Waals surface area contributed by atoms with Gasteiger partial charge in [0.2, 0.25) is 5.91 Å². The van der Waals surface area contributed by atoms with Crippen LogP contribution in [0.1, 0.15) is 60.4 Å². The zero-order chi connectivity index (χ0) is 25.5. The summed E-state index contributed by atoms with van der Waals surface area (Å²) in [6.07, 6.45) is -3.15. The second-order valence-electron chi connectivity index (χ2n) is 9.52. The zero-order valence-electron chi connectivity index (χ0n) is 20.6. The fourth-order valence-corrected chi connectivity index (χ4v) is 6.14. The standard InChI is InChI=1S/C27H32F3N3O2/c1-5-19-14-20(16-21(15-19)27(28,29)30)18(3)26(22-9-7-6-8-17(22)2)23-10-11-24(34)32(23)12-13-33(26)25(35)31-4/h6-9,14-16,18,23H,5,10-13H2,1-4H3,(H,31,35)/t18-,23?,26?/m1/s1. The van der Waals surface area contributed by atoms with E-state index in [1.54, 1.807) is 11.9 Å². The summed E-state index contributed by atoms with van der Waals surface area (Å²) in [5.41, 5.74) is 1.15. The van der Waals surface area contributed by atoms with Gasteiger partial charge in [0, 0.05) is 32.5 Å². The average molecular weight is 488 g/mol. The normalized spacial score (nSPS) is 23.3. The molecular formula is C27H32F3N3O2. The van der Waals surface area contributed by atoms with Crippen LogP contribution in [0.3, 0.4) is 0 Å². The van der Waals surface area contributed by atoms with Gasteiger partial charge >= 0.3 is 12.2 Å². The number of nitrogens with one attached hydrogen (secondary N) is 1. The van der Waals surface area contributed by atoms with Crippen LogP contribution < -0.4 is 5.32 Å². The fourth-order valence-electron chi connectivity index (χ4n) is 6.14. The molecule has 0 saturated carbocycles. The van der Waals surface area contributed by atoms with Gasteiger partial charge in [-0.05, 0) is 54.2 Å². The van der Waals surface area contributed by atoms with Gasteiger partial charge in [-0.2, -0.15) is 13.2 Å². The number of aryl methyl sites for hydroxylation is 2. The molecule has 2 fully saturated rings. The lowest BCUT2D eigenvalue weighted by molar-refractivity contribution is -0.137. The van der Waals surface area contributed by atoms with Gasteiger partial charge in [-0.1, -0.05) is 44.2 Å². The molecule has 1 N–H and O–H groups in total. The molecule has 8 heteroatoms. The third kappa shape index (κ3) is 4.06. The van der Waals surface area contributed by atoms with E-state index in [9.17, 15) is 22.8 Å². The van der Waals surface area contributed by atoms with Gasteiger partial charge in [0.25, 0.3) is 0 Å². The zero-order valence-corrected chi connectivity index (χ0v) is 20.6. The maximum atomic E-state index is 13.9. The molecule has 2 aliphatic heterocycles. The molecule has 2 unspecified atom stereocenters. The summed E-state index contributed by atoms with van der Waals surface area (Å²) in [4.78, 5) is 29.8. The first kappa shape index (κ1) is 25.1. The van der Waals surface area contributed by atoms with Crippen molar-refractivity contribution >= 4 is 11.9 Å². The summed E-state index contributed by atoms with van der Waals surface area (Å²) in [7, 11) is 1.56. The number of benzene rings is 2. The van der Waals surface area contributed by atoms with Gasteiger partial charge in [0.05, 0.1) is 17.1 Å². The summed E-state index contributed by atoms with van der Waals surface area (Å²) in [6, 6.07) is 11.3. The number of carbonyl (C=O) groups excluding carboxylic acids is 2. The first-order valence-electron chi connectivity index (χ1n) is 12.1. The quantitative estimate of drug-likeness (QED) is 0.643. The number of halogens is 3. The third-order valence-corrected chi connectivity index (χ3v) is 7.79. The third-order valence-electron chi connectivity index (χ3n) is 7.79. The van der Waals surface area contributed by atoms with E-state index in [0.717, 1.165) is 11.1 Å². The Morgan fingerprint density at radius 1 is 1.20 bits per heavy atom. The highest BCUT2D eigenvalue weighted by Crippen LogP contribution is 2.52. The van der Waals surface area contributed by atoms with Gasteiger partial charge in [-0.3, -0.25) is 4.79 Å². The molecule has 35 heavy (non-hydrogen) atoms. The van der Waals surface area contributed by atoms with Crippen molar-refractivity contribution in [1.82, 2.24) is 15.1 Å². The molecular weight excluding hydrogens is 455 g/mol. The minimum atomic E-state index is -4.49. The molecule has 2 saturated heterocycles. The van der Waals surface area contributed by atoms with Crippen molar-refractivity contribution < 1.29 is 22.8 Å². The van der Waals surface area contributed by atoms with Gasteiger partial charge in [0.1, 0.15) is 0 Å². The lowest BCUT2D eigenvalue weighted by Gasteiger charge is -2.57. The number of urea groups is 1. The van der Waals surface area contributed by atoms with Gasteiger partial charge in [-0.25, -0.2) is 4.79 Å². The molecule has 0 aliphatic carbocycles. The van der Waals surface area contributed by atoms with Crippen molar-refractivity contribution in [3.63, 3.8) is 0 Å². The Bertz CT molecular complexity index is 1130. The SMILES string of the molecule is CCc1cc([C@@H](C)C2(c3ccccc3C)C3CCC(=O)N3CCN2C(=O)NC)cc(C(F)(F)F)c1. The smallest absolute Gasteiger partial charge is 0.341 e. The topological polar surface area (TPSA) is 52.7 Å². The number of carbonyl (C=O) groups is 2. The summed E-state index contributed by atoms with van der Waals surface area (Å²) in [5.74, 6) is -0.498. The molecule has 3 amide bonds. The first-order chi connectivity index (χ1) is 16.5. The minimum Gasteiger partial charge on any atom is -0.341 e. The van der Waals surface area contributed by atoms with E-state index >= 15 is 0 Å². The van der Waals surface area contributed by atoms with Crippen molar-refractivity contribution in [2.75, 3.05) is 20.1 Å². The molecule has 0 radical (unpaired) electrons. The van der Waals surface area contributed by atoms with Crippen LogP contribution in [-0.4, -0.2) is 47.9 Å². The van der Waals surface area contributed by atoms with E-state index in [-0.39, 0.29) is 18.0 Å². The van der Waals surface area contributed by atoms with Crippen LogP contribution in [0, 0.1) is 6.92 Å². The number of hydrogen-bond donors (Lipinski definition) is 1. The van der Waals surface area contributed by atoms with Crippen LogP contribution in [0.15, 0.2) is 42.5 Å². The summed E-state index contributed by atoms with van der Waals surface area (Å²) < 4.78 is 41.6. The Labute approximate surface area is 204 Å². The van der Waals surface area contributed by atoms with E-state index in [1.807, 2.05) is 56.0 Å². The number of rotatable bonds is 4. The maximum absolute atomic E-state index is 13.9. The number of fused-ring (bicyclic) bond motifs is 1. The predicted molar refractivity (Wildman–Crippen MR) is 128 cm³/mol. The second-order valence-corrected chi connectivity index (χ2v) is 9.52. The van der Waals surface area contributed by atoms with Crippen molar-refractivity contribution in [1.29, 1.82) is 0 Å². The predicted octanol–water partition coefficient (Wildman–Crippen LogP) is 5.22. The molecule has 2 aromatic carbocycles. The monoisotopic (exact) mass is 487 g/mol. The second kappa shape index (κ2) is 9.21. The van der Waals surface area contributed by atoms with Crippen LogP contribution in [0.2, 0.25) is 0 Å². The highest BCUT2D eigenvalue weighted by Gasteiger charge is 2.59. The van der Waals surface area contributed by atoms with E-state index in [0.29, 0.717) is 43.5 Å². The number of amides is 3. The molecule has 2 heterocycles. The molecule has 2 aromatic rings. The van der Waals surface area contributed by atoms with Crippen LogP contribution in [0.5, 0.6) is 0 Å². The van der Waals surface area contributed by atoms with Gasteiger partial charge in [-0.15, -0.1) is 0 Å². The molecule has 3 atom stereocenters. The Hall–Kier alpha value is -3.03. The van der Waals surface area contributed by atoms with E-state index in [2.05, 4.69) is 5.32 Å². The Balaban J connectivity index is 2.03. The first-order valence-corrected chi connectivity index (χ1v) is 12.1. The number of hydrogen-bond acceptors (Lipinski definition) is 2. The maximum Gasteiger partial charge on any atom is 0.416 e. The van der Waals surface area contributed by atoms with Crippen LogP contribution in [0.25, 0.3) is 0 Å². The van der Waals surface area contributed by atoms with E-state index in [1.165, 1.54) is 12.1 Å². The Morgan fingerprint density at radius 2 is 1.91 bits per heavy atom. The molecule has 0 bridgehead atoms. The highest BCUT2D eigenvalue weighted by atomic mass is 19.4. The van der Waals surface area contributed by atoms with E-state index in [4.69, 9.17) is 0 Å². The van der Waals surface area contributed by atoms with E-state index < -0.39 is 23.2 Å². The highest BCUT2D eigenvalue weighted by molar-refractivity contribution is 5.81. The number of nitrogens with zero attached hydrogens (tertiary/aromatic N) is 2. The van der Waals surface area contributed by atoms with Crippen molar-refractivity contribution in [3.05, 3.63) is 70.3 Å². The lowest BCUT2D eigenvalue weighted by Crippen LogP contribution is -2.69. The van der Waals surface area contributed by atoms with Crippen molar-refractivity contribution in [2.45, 2.75) is 63.7 Å². The summed E-state index contributed by atoms with van der Waals surface area (Å²) in [5, 5.41) is 2.74. The largest absolute Gasteiger partial charge is 0.416 e. The van der Waals surface area contributed by atoms with Gasteiger partial charge in [0.15, 0.2) is 0 Å².